The van der Waals surface area contributed by atoms with Gasteiger partial charge >= 0.3 is 0 Å². The number of para-hydroxylation sites is 1. The first-order chi connectivity index (χ1) is 14.9. The molecule has 3 N–H and O–H groups in total. The van der Waals surface area contributed by atoms with E-state index in [0.717, 1.165) is 19.3 Å². The van der Waals surface area contributed by atoms with Gasteiger partial charge in [-0.25, -0.2) is 0 Å². The van der Waals surface area contributed by atoms with E-state index >= 15 is 0 Å². The first kappa shape index (κ1) is 24.3. The molecule has 0 bridgehead atoms. The van der Waals surface area contributed by atoms with E-state index in [9.17, 15) is 9.59 Å². The molecule has 0 unspecified atom stereocenters. The highest BCUT2D eigenvalue weighted by Crippen LogP contribution is 2.19. The molecule has 0 spiro atoms. The van der Waals surface area contributed by atoms with Crippen LogP contribution in [0.2, 0.25) is 0 Å². The van der Waals surface area contributed by atoms with Crippen LogP contribution in [0.4, 0.5) is 5.69 Å². The molecule has 6 nitrogen and oxygen atoms in total. The largest absolute Gasteiger partial charge is 0.493 e. The summed E-state index contributed by atoms with van der Waals surface area (Å²) in [5.74, 6) is 0.600. The van der Waals surface area contributed by atoms with Crippen molar-refractivity contribution in [3.63, 3.8) is 0 Å². The summed E-state index contributed by atoms with van der Waals surface area (Å²) in [7, 11) is 0. The Morgan fingerprint density at radius 3 is 2.42 bits per heavy atom. The van der Waals surface area contributed by atoms with E-state index in [-0.39, 0.29) is 16.9 Å². The van der Waals surface area contributed by atoms with Gasteiger partial charge in [0.15, 0.2) is 5.11 Å². The first-order valence-electron chi connectivity index (χ1n) is 10.6. The van der Waals surface area contributed by atoms with Crippen molar-refractivity contribution in [1.82, 2.24) is 10.6 Å². The summed E-state index contributed by atoms with van der Waals surface area (Å²) in [5, 5.41) is 8.69. The van der Waals surface area contributed by atoms with Gasteiger partial charge in [0.25, 0.3) is 11.8 Å². The standard InChI is InChI=1S/C24H31N3O3S/c1-4-5-15-25-22(28)18-10-12-19(13-11-18)26-24(31)27-23(29)20-8-6-7-9-21(20)30-16-14-17(2)3/h6-13,17H,4-5,14-16H2,1-3H3,(H,25,28)(H2,26,27,29,31). The minimum absolute atomic E-state index is 0.107. The number of thiocarbonyl (C=S) groups is 1. The maximum Gasteiger partial charge on any atom is 0.261 e. The summed E-state index contributed by atoms with van der Waals surface area (Å²) in [4.78, 5) is 24.7. The fourth-order valence-electron chi connectivity index (χ4n) is 2.70. The van der Waals surface area contributed by atoms with Crippen LogP contribution in [0.1, 0.15) is 60.7 Å². The predicted molar refractivity (Wildman–Crippen MR) is 129 cm³/mol. The van der Waals surface area contributed by atoms with Gasteiger partial charge in [-0.1, -0.05) is 39.3 Å². The van der Waals surface area contributed by atoms with E-state index in [0.29, 0.717) is 41.6 Å². The maximum absolute atomic E-state index is 12.7. The molecule has 0 radical (unpaired) electrons. The highest BCUT2D eigenvalue weighted by Gasteiger charge is 2.14. The van der Waals surface area contributed by atoms with Gasteiger partial charge in [0.05, 0.1) is 12.2 Å². The van der Waals surface area contributed by atoms with Crippen LogP contribution in [-0.4, -0.2) is 30.1 Å². The number of unbranched alkanes of at least 4 members (excludes halogenated alkanes) is 1. The Hall–Kier alpha value is -2.93. The van der Waals surface area contributed by atoms with Crippen molar-refractivity contribution in [2.45, 2.75) is 40.0 Å². The summed E-state index contributed by atoms with van der Waals surface area (Å²) < 4.78 is 5.78. The van der Waals surface area contributed by atoms with Crippen LogP contribution in [-0.2, 0) is 0 Å². The predicted octanol–water partition coefficient (Wildman–Crippen LogP) is 4.77. The zero-order valence-corrected chi connectivity index (χ0v) is 19.2. The zero-order valence-electron chi connectivity index (χ0n) is 18.4. The van der Waals surface area contributed by atoms with Gasteiger partial charge in [-0.15, -0.1) is 0 Å². The zero-order chi connectivity index (χ0) is 22.6. The molecule has 2 amide bonds. The Morgan fingerprint density at radius 1 is 1.03 bits per heavy atom. The van der Waals surface area contributed by atoms with Gasteiger partial charge < -0.3 is 15.4 Å². The maximum atomic E-state index is 12.7. The summed E-state index contributed by atoms with van der Waals surface area (Å²) in [6, 6.07) is 14.0. The molecule has 0 saturated carbocycles. The van der Waals surface area contributed by atoms with Gasteiger partial charge in [-0.2, -0.15) is 0 Å². The molecule has 166 valence electrons. The number of carbonyl (C=O) groups excluding carboxylic acids is 2. The van der Waals surface area contributed by atoms with Gasteiger partial charge in [0.1, 0.15) is 5.75 Å². The number of nitrogens with one attached hydrogen (secondary N) is 3. The number of anilines is 1. The molecular weight excluding hydrogens is 410 g/mol. The van der Waals surface area contributed by atoms with E-state index in [4.69, 9.17) is 17.0 Å². The Morgan fingerprint density at radius 2 is 1.74 bits per heavy atom. The Bertz CT molecular complexity index is 882. The molecule has 31 heavy (non-hydrogen) atoms. The monoisotopic (exact) mass is 441 g/mol. The van der Waals surface area contributed by atoms with Crippen LogP contribution in [0.25, 0.3) is 0 Å². The second-order valence-corrected chi connectivity index (χ2v) is 8.03. The fraction of sp³-hybridized carbons (Fsp3) is 0.375. The number of benzene rings is 2. The Balaban J connectivity index is 1.91. The average Bonchev–Trinajstić information content (AvgIpc) is 2.74. The highest BCUT2D eigenvalue weighted by atomic mass is 32.1. The van der Waals surface area contributed by atoms with Gasteiger partial charge in [0.2, 0.25) is 0 Å². The van der Waals surface area contributed by atoms with Gasteiger partial charge in [0, 0.05) is 17.8 Å². The minimum atomic E-state index is -0.343. The molecule has 0 aliphatic carbocycles. The SMILES string of the molecule is CCCCNC(=O)c1ccc(NC(=S)NC(=O)c2ccccc2OCCC(C)C)cc1. The lowest BCUT2D eigenvalue weighted by Gasteiger charge is -2.14. The van der Waals surface area contributed by atoms with E-state index < -0.39 is 0 Å². The summed E-state index contributed by atoms with van der Waals surface area (Å²) >= 11 is 5.27. The van der Waals surface area contributed by atoms with Crippen molar-refractivity contribution >= 4 is 34.8 Å². The topological polar surface area (TPSA) is 79.5 Å². The van der Waals surface area contributed by atoms with Gasteiger partial charge in [-0.05, 0) is 67.4 Å². The van der Waals surface area contributed by atoms with Crippen LogP contribution in [0.5, 0.6) is 5.75 Å². The van der Waals surface area contributed by atoms with E-state index in [1.165, 1.54) is 0 Å². The molecule has 7 heteroatoms. The quantitative estimate of drug-likeness (QED) is 0.366. The number of carbonyl (C=O) groups is 2. The Labute approximate surface area is 189 Å². The van der Waals surface area contributed by atoms with Crippen LogP contribution in [0.15, 0.2) is 48.5 Å². The lowest BCUT2D eigenvalue weighted by atomic mass is 10.1. The van der Waals surface area contributed by atoms with Crippen molar-refractivity contribution in [2.75, 3.05) is 18.5 Å². The van der Waals surface area contributed by atoms with Crippen molar-refractivity contribution in [3.8, 4) is 5.75 Å². The molecule has 0 fully saturated rings. The molecule has 0 aliphatic rings. The summed E-state index contributed by atoms with van der Waals surface area (Å²) in [6.45, 7) is 7.53. The second kappa shape index (κ2) is 12.7. The van der Waals surface area contributed by atoms with E-state index in [1.807, 2.05) is 6.07 Å². The molecule has 2 aromatic carbocycles. The molecule has 0 saturated heterocycles. The van der Waals surface area contributed by atoms with Crippen LogP contribution in [0, 0.1) is 5.92 Å². The van der Waals surface area contributed by atoms with Crippen molar-refractivity contribution in [3.05, 3.63) is 59.7 Å². The molecule has 0 aliphatic heterocycles. The first-order valence-corrected chi connectivity index (χ1v) is 11.0. The van der Waals surface area contributed by atoms with E-state index in [1.54, 1.807) is 42.5 Å². The number of rotatable bonds is 10. The van der Waals surface area contributed by atoms with Gasteiger partial charge in [-0.3, -0.25) is 14.9 Å². The van der Waals surface area contributed by atoms with Crippen molar-refractivity contribution in [2.24, 2.45) is 5.92 Å². The minimum Gasteiger partial charge on any atom is -0.493 e. The number of ether oxygens (including phenoxy) is 1. The molecule has 2 aromatic rings. The number of hydrogen-bond acceptors (Lipinski definition) is 4. The normalized spacial score (nSPS) is 10.5. The van der Waals surface area contributed by atoms with Crippen molar-refractivity contribution < 1.29 is 14.3 Å². The highest BCUT2D eigenvalue weighted by molar-refractivity contribution is 7.80. The second-order valence-electron chi connectivity index (χ2n) is 7.62. The summed E-state index contributed by atoms with van der Waals surface area (Å²) in [6.07, 6.45) is 2.88. The van der Waals surface area contributed by atoms with E-state index in [2.05, 4.69) is 36.7 Å². The molecule has 2 rings (SSSR count). The van der Waals surface area contributed by atoms with Crippen LogP contribution < -0.4 is 20.7 Å². The van der Waals surface area contributed by atoms with Crippen molar-refractivity contribution in [1.29, 1.82) is 0 Å². The summed E-state index contributed by atoms with van der Waals surface area (Å²) in [5.41, 5.74) is 1.68. The molecular formula is C24H31N3O3S. The van der Waals surface area contributed by atoms with Crippen LogP contribution in [0.3, 0.4) is 0 Å². The third kappa shape index (κ3) is 8.38. The molecule has 0 aromatic heterocycles. The smallest absolute Gasteiger partial charge is 0.261 e. The third-order valence-electron chi connectivity index (χ3n) is 4.53. The average molecular weight is 442 g/mol. The molecule has 0 atom stereocenters. The lowest BCUT2D eigenvalue weighted by Crippen LogP contribution is -2.34. The Kier molecular flexibility index (Phi) is 9.97. The number of amides is 2. The number of hydrogen-bond donors (Lipinski definition) is 3. The fourth-order valence-corrected chi connectivity index (χ4v) is 2.91. The van der Waals surface area contributed by atoms with Crippen LogP contribution >= 0.6 is 12.2 Å². The lowest BCUT2D eigenvalue weighted by molar-refractivity contribution is 0.0950. The molecule has 0 heterocycles. The third-order valence-corrected chi connectivity index (χ3v) is 4.74.